The molecule has 0 spiro atoms. The normalized spacial score (nSPS) is 28.1. The minimum absolute atomic E-state index is 0.0503. The van der Waals surface area contributed by atoms with E-state index in [-0.39, 0.29) is 29.6 Å². The molecule has 1 rings (SSSR count). The summed E-state index contributed by atoms with van der Waals surface area (Å²) in [4.78, 5) is 12.3. The average Bonchev–Trinajstić information content (AvgIpc) is 2.69. The highest BCUT2D eigenvalue weighted by Crippen LogP contribution is 2.42. The van der Waals surface area contributed by atoms with Gasteiger partial charge in [0.15, 0.2) is 22.9 Å². The second-order valence-electron chi connectivity index (χ2n) is 12.3. The van der Waals surface area contributed by atoms with Gasteiger partial charge >= 0.3 is 0 Å². The number of rotatable bonds is 12. The van der Waals surface area contributed by atoms with Crippen molar-refractivity contribution in [2.45, 2.75) is 115 Å². The lowest BCUT2D eigenvalue weighted by Gasteiger charge is -2.50. The number of hydrogen-bond acceptors (Lipinski definition) is 8. The molecule has 0 unspecified atom stereocenters. The van der Waals surface area contributed by atoms with Gasteiger partial charge in [-0.1, -0.05) is 48.5 Å². The van der Waals surface area contributed by atoms with Crippen molar-refractivity contribution >= 4 is 22.9 Å². The van der Waals surface area contributed by atoms with Gasteiger partial charge in [-0.2, -0.15) is 0 Å². The first-order chi connectivity index (χ1) is 15.4. The van der Waals surface area contributed by atoms with Gasteiger partial charge in [0.25, 0.3) is 0 Å². The Hall–Kier alpha value is -0.176. The van der Waals surface area contributed by atoms with Crippen molar-refractivity contribution in [1.29, 1.82) is 0 Å². The molecule has 1 heterocycles. The number of aldehydes is 1. The highest BCUT2D eigenvalue weighted by molar-refractivity contribution is 6.74. The SMILES string of the molecule is COCO[C@@H]1[C@@H](O[Si](C)(C)C(C)(C)C)O[C@@H]([C@@H](C=O)O[Si](C)(C)C(C)(C)C)[C@H](C)[C@H]1OCOC. The van der Waals surface area contributed by atoms with Crippen molar-refractivity contribution < 1.29 is 37.3 Å². The minimum atomic E-state index is -2.26. The molecule has 6 atom stereocenters. The van der Waals surface area contributed by atoms with Crippen LogP contribution in [0.2, 0.25) is 36.3 Å². The van der Waals surface area contributed by atoms with E-state index in [1.54, 1.807) is 14.2 Å². The van der Waals surface area contributed by atoms with E-state index >= 15 is 0 Å². The van der Waals surface area contributed by atoms with Crippen LogP contribution in [0.4, 0.5) is 0 Å². The fraction of sp³-hybridized carbons (Fsp3) is 0.958. The van der Waals surface area contributed by atoms with Crippen molar-refractivity contribution in [2.75, 3.05) is 27.8 Å². The van der Waals surface area contributed by atoms with Gasteiger partial charge in [-0.05, 0) is 36.3 Å². The number of hydrogen-bond donors (Lipinski definition) is 0. The van der Waals surface area contributed by atoms with Gasteiger partial charge in [0, 0.05) is 20.1 Å². The molecule has 1 aliphatic rings. The summed E-state index contributed by atoms with van der Waals surface area (Å²) in [5.41, 5.74) is 0. The average molecular weight is 523 g/mol. The van der Waals surface area contributed by atoms with E-state index in [4.69, 9.17) is 32.5 Å². The van der Waals surface area contributed by atoms with Crippen LogP contribution in [0.5, 0.6) is 0 Å². The van der Waals surface area contributed by atoms with Crippen molar-refractivity contribution in [3.8, 4) is 0 Å². The Balaban J connectivity index is 3.41. The predicted octanol–water partition coefficient (Wildman–Crippen LogP) is 4.94. The number of carbonyl (C=O) groups excluding carboxylic acids is 1. The maximum Gasteiger partial charge on any atom is 0.195 e. The fourth-order valence-electron chi connectivity index (χ4n) is 3.34. The summed E-state index contributed by atoms with van der Waals surface area (Å²) in [5, 5.41) is -0.107. The summed E-state index contributed by atoms with van der Waals surface area (Å²) in [5.74, 6) is -0.226. The van der Waals surface area contributed by atoms with Crippen LogP contribution in [0, 0.1) is 5.92 Å². The first-order valence-corrected chi connectivity index (χ1v) is 17.9. The lowest BCUT2D eigenvalue weighted by Crippen LogP contribution is -2.63. The van der Waals surface area contributed by atoms with Crippen LogP contribution in [0.15, 0.2) is 0 Å². The molecule has 10 heteroatoms. The van der Waals surface area contributed by atoms with E-state index in [0.717, 1.165) is 6.29 Å². The Bertz CT molecular complexity index is 629. The summed E-state index contributed by atoms with van der Waals surface area (Å²) < 4.78 is 42.3. The number of carbonyl (C=O) groups is 1. The van der Waals surface area contributed by atoms with Gasteiger partial charge in [0.1, 0.15) is 32.1 Å². The largest absolute Gasteiger partial charge is 0.405 e. The van der Waals surface area contributed by atoms with Gasteiger partial charge < -0.3 is 37.3 Å². The quantitative estimate of drug-likeness (QED) is 0.203. The Morgan fingerprint density at radius 2 is 1.32 bits per heavy atom. The van der Waals surface area contributed by atoms with E-state index in [2.05, 4.69) is 67.7 Å². The molecule has 0 aromatic heterocycles. The monoisotopic (exact) mass is 522 g/mol. The van der Waals surface area contributed by atoms with Crippen LogP contribution in [0.1, 0.15) is 48.5 Å². The molecule has 0 aromatic rings. The van der Waals surface area contributed by atoms with Crippen LogP contribution in [0.25, 0.3) is 0 Å². The topological polar surface area (TPSA) is 81.7 Å². The Morgan fingerprint density at radius 3 is 1.74 bits per heavy atom. The molecule has 0 aromatic carbocycles. The zero-order chi connectivity index (χ0) is 26.5. The smallest absolute Gasteiger partial charge is 0.195 e. The molecule has 202 valence electrons. The van der Waals surface area contributed by atoms with Gasteiger partial charge in [0.2, 0.25) is 0 Å². The molecule has 1 aliphatic heterocycles. The molecule has 0 aliphatic carbocycles. The molecule has 8 nitrogen and oxygen atoms in total. The van der Waals surface area contributed by atoms with E-state index in [9.17, 15) is 4.79 Å². The zero-order valence-electron chi connectivity index (χ0n) is 23.7. The maximum atomic E-state index is 12.3. The Morgan fingerprint density at radius 1 is 0.853 bits per heavy atom. The van der Waals surface area contributed by atoms with Gasteiger partial charge in [-0.3, -0.25) is 0 Å². The standard InChI is InChI=1S/C24H50O8Si2/c1-17-19(18(14-25)31-33(10,11)23(2,3)4)30-22(32-34(12,13)24(5,6)7)21(29-16-27-9)20(17)28-15-26-8/h14,17-22H,15-16H2,1-13H3/t17-,18+,19+,20+,21-,22+/m0/s1. The van der Waals surface area contributed by atoms with Crippen molar-refractivity contribution in [3.05, 3.63) is 0 Å². The highest BCUT2D eigenvalue weighted by Gasteiger charge is 2.53. The van der Waals surface area contributed by atoms with Gasteiger partial charge in [-0.15, -0.1) is 0 Å². The van der Waals surface area contributed by atoms with Crippen LogP contribution in [-0.2, 0) is 37.3 Å². The Kier molecular flexibility index (Phi) is 11.6. The first kappa shape index (κ1) is 31.9. The van der Waals surface area contributed by atoms with E-state index < -0.39 is 47.3 Å². The molecule has 0 bridgehead atoms. The minimum Gasteiger partial charge on any atom is -0.405 e. The van der Waals surface area contributed by atoms with E-state index in [1.165, 1.54) is 0 Å². The summed E-state index contributed by atoms with van der Waals surface area (Å²) in [6, 6.07) is 0. The third-order valence-electron chi connectivity index (χ3n) is 7.59. The fourth-order valence-corrected chi connectivity index (χ4v) is 5.69. The van der Waals surface area contributed by atoms with Crippen LogP contribution < -0.4 is 0 Å². The highest BCUT2D eigenvalue weighted by atomic mass is 28.4. The predicted molar refractivity (Wildman–Crippen MR) is 138 cm³/mol. The third-order valence-corrected chi connectivity index (χ3v) is 16.5. The summed E-state index contributed by atoms with van der Waals surface area (Å²) in [6.45, 7) is 23.6. The Labute approximate surface area is 209 Å². The first-order valence-electron chi connectivity index (χ1n) is 12.1. The molecule has 0 N–H and O–H groups in total. The maximum absolute atomic E-state index is 12.3. The summed E-state index contributed by atoms with van der Waals surface area (Å²) in [7, 11) is -1.36. The molecule has 1 saturated heterocycles. The van der Waals surface area contributed by atoms with Crippen molar-refractivity contribution in [2.24, 2.45) is 5.92 Å². The summed E-state index contributed by atoms with van der Waals surface area (Å²) in [6.07, 6.45) is -2.22. The molecule has 0 saturated carbocycles. The molecular weight excluding hydrogens is 472 g/mol. The molecular formula is C24H50O8Si2. The van der Waals surface area contributed by atoms with E-state index in [1.807, 2.05) is 6.92 Å². The number of ether oxygens (including phenoxy) is 5. The zero-order valence-corrected chi connectivity index (χ0v) is 25.7. The third kappa shape index (κ3) is 7.91. The summed E-state index contributed by atoms with van der Waals surface area (Å²) >= 11 is 0. The second-order valence-corrected chi connectivity index (χ2v) is 21.8. The molecule has 0 radical (unpaired) electrons. The van der Waals surface area contributed by atoms with Crippen molar-refractivity contribution in [1.82, 2.24) is 0 Å². The molecule has 34 heavy (non-hydrogen) atoms. The van der Waals surface area contributed by atoms with Gasteiger partial charge in [0.05, 0.1) is 12.2 Å². The van der Waals surface area contributed by atoms with Crippen LogP contribution in [0.3, 0.4) is 0 Å². The lowest BCUT2D eigenvalue weighted by atomic mass is 9.88. The molecule has 0 amide bonds. The second kappa shape index (κ2) is 12.4. The lowest BCUT2D eigenvalue weighted by molar-refractivity contribution is -0.307. The van der Waals surface area contributed by atoms with E-state index in [0.29, 0.717) is 0 Å². The van der Waals surface area contributed by atoms with Crippen LogP contribution in [-0.4, -0.2) is 81.4 Å². The molecule has 1 fully saturated rings. The van der Waals surface area contributed by atoms with Gasteiger partial charge in [-0.25, -0.2) is 0 Å². The number of methoxy groups -OCH3 is 2. The van der Waals surface area contributed by atoms with Crippen molar-refractivity contribution in [3.63, 3.8) is 0 Å². The van der Waals surface area contributed by atoms with Crippen LogP contribution >= 0.6 is 0 Å².